The first kappa shape index (κ1) is 24.5. The number of carboxylic acids is 2. The minimum Gasteiger partial charge on any atom is -0.545 e. The summed E-state index contributed by atoms with van der Waals surface area (Å²) in [5.41, 5.74) is 12.0. The normalized spacial score (nSPS) is 8.36. The SMILES string of the molecule is Nc1ccc(C(=O)[O-])cc1.Nc1ccc(C(=O)[O-])cc1.[K+].[K+]. The predicted octanol–water partition coefficient (Wildman–Crippen LogP) is -6.73. The van der Waals surface area contributed by atoms with Crippen LogP contribution in [0.3, 0.4) is 0 Å². The third-order valence-electron chi connectivity index (χ3n) is 2.29. The van der Waals surface area contributed by atoms with E-state index in [4.69, 9.17) is 11.5 Å². The average molecular weight is 350 g/mol. The van der Waals surface area contributed by atoms with Crippen LogP contribution >= 0.6 is 0 Å². The van der Waals surface area contributed by atoms with Crippen LogP contribution in [0.4, 0.5) is 11.4 Å². The number of nitrogens with two attached hydrogens (primary N) is 2. The maximum Gasteiger partial charge on any atom is 1.00 e. The summed E-state index contributed by atoms with van der Waals surface area (Å²) < 4.78 is 0. The van der Waals surface area contributed by atoms with Gasteiger partial charge >= 0.3 is 103 Å². The average Bonchev–Trinajstić information content (AvgIpc) is 2.40. The second-order valence-corrected chi connectivity index (χ2v) is 3.82. The van der Waals surface area contributed by atoms with Gasteiger partial charge in [-0.15, -0.1) is 0 Å². The number of carbonyl (C=O) groups is 2. The fourth-order valence-electron chi connectivity index (χ4n) is 1.24. The van der Waals surface area contributed by atoms with Gasteiger partial charge in [-0.2, -0.15) is 0 Å². The summed E-state index contributed by atoms with van der Waals surface area (Å²) in [6.45, 7) is 0. The van der Waals surface area contributed by atoms with Gasteiger partial charge in [0.2, 0.25) is 0 Å². The van der Waals surface area contributed by atoms with Gasteiger partial charge in [0.1, 0.15) is 0 Å². The Morgan fingerprint density at radius 2 is 0.864 bits per heavy atom. The van der Waals surface area contributed by atoms with Crippen LogP contribution in [0.25, 0.3) is 0 Å². The van der Waals surface area contributed by atoms with Gasteiger partial charge in [0.15, 0.2) is 0 Å². The van der Waals surface area contributed by atoms with Gasteiger partial charge in [-0.25, -0.2) is 0 Å². The van der Waals surface area contributed by atoms with E-state index in [0.717, 1.165) is 0 Å². The van der Waals surface area contributed by atoms with Crippen LogP contribution in [0.2, 0.25) is 0 Å². The molecule has 0 bridgehead atoms. The van der Waals surface area contributed by atoms with Crippen LogP contribution in [-0.4, -0.2) is 11.9 Å². The maximum atomic E-state index is 10.2. The molecule has 0 fully saturated rings. The molecule has 0 spiro atoms. The number of nitrogen functional groups attached to an aromatic ring is 2. The number of aromatic carboxylic acids is 2. The van der Waals surface area contributed by atoms with Crippen molar-refractivity contribution in [1.82, 2.24) is 0 Å². The Labute approximate surface area is 213 Å². The topological polar surface area (TPSA) is 132 Å². The molecule has 0 radical (unpaired) electrons. The van der Waals surface area contributed by atoms with E-state index in [-0.39, 0.29) is 114 Å². The van der Waals surface area contributed by atoms with Gasteiger partial charge in [0.05, 0.1) is 11.9 Å². The first-order valence-corrected chi connectivity index (χ1v) is 5.54. The van der Waals surface area contributed by atoms with E-state index < -0.39 is 11.9 Å². The van der Waals surface area contributed by atoms with Crippen LogP contribution in [0.5, 0.6) is 0 Å². The monoisotopic (exact) mass is 350 g/mol. The van der Waals surface area contributed by atoms with Crippen LogP contribution < -0.4 is 124 Å². The molecule has 0 saturated heterocycles. The molecule has 2 aromatic rings. The van der Waals surface area contributed by atoms with Gasteiger partial charge in [0.25, 0.3) is 0 Å². The summed E-state index contributed by atoms with van der Waals surface area (Å²) in [6.07, 6.45) is 0. The van der Waals surface area contributed by atoms with Gasteiger partial charge in [-0.05, 0) is 35.4 Å². The molecule has 0 saturated carbocycles. The minimum absolute atomic E-state index is 0. The summed E-state index contributed by atoms with van der Waals surface area (Å²) >= 11 is 0. The molecule has 22 heavy (non-hydrogen) atoms. The van der Waals surface area contributed by atoms with Gasteiger partial charge < -0.3 is 31.3 Å². The van der Waals surface area contributed by atoms with Crippen LogP contribution in [0.1, 0.15) is 20.7 Å². The Kier molecular flexibility index (Phi) is 14.1. The van der Waals surface area contributed by atoms with E-state index >= 15 is 0 Å². The van der Waals surface area contributed by atoms with Crippen molar-refractivity contribution in [3.63, 3.8) is 0 Å². The van der Waals surface area contributed by atoms with E-state index in [1.807, 2.05) is 0 Å². The second kappa shape index (κ2) is 12.6. The zero-order valence-electron chi connectivity index (χ0n) is 12.4. The molecule has 2 rings (SSSR count). The molecule has 0 amide bonds. The summed E-state index contributed by atoms with van der Waals surface area (Å²) in [4.78, 5) is 20.3. The number of anilines is 2. The first-order chi connectivity index (χ1) is 9.40. The van der Waals surface area contributed by atoms with Gasteiger partial charge in [-0.1, -0.05) is 24.3 Å². The van der Waals surface area contributed by atoms with E-state index in [2.05, 4.69) is 0 Å². The molecule has 8 heteroatoms. The molecular formula is C14H12K2N2O4. The summed E-state index contributed by atoms with van der Waals surface area (Å²) in [7, 11) is 0. The third kappa shape index (κ3) is 9.40. The largest absolute Gasteiger partial charge is 1.00 e. The molecular weight excluding hydrogens is 338 g/mol. The minimum atomic E-state index is -1.18. The maximum absolute atomic E-state index is 10.2. The molecule has 4 N–H and O–H groups in total. The Morgan fingerprint density at radius 3 is 1.05 bits per heavy atom. The van der Waals surface area contributed by atoms with Crippen molar-refractivity contribution in [3.8, 4) is 0 Å². The fourth-order valence-corrected chi connectivity index (χ4v) is 1.24. The van der Waals surface area contributed by atoms with E-state index in [1.165, 1.54) is 48.5 Å². The van der Waals surface area contributed by atoms with Crippen molar-refractivity contribution in [2.24, 2.45) is 0 Å². The quantitative estimate of drug-likeness (QED) is 0.409. The molecule has 0 unspecified atom stereocenters. The second-order valence-electron chi connectivity index (χ2n) is 3.82. The van der Waals surface area contributed by atoms with Crippen molar-refractivity contribution in [2.45, 2.75) is 0 Å². The van der Waals surface area contributed by atoms with Crippen LogP contribution in [0.15, 0.2) is 48.5 Å². The molecule has 104 valence electrons. The van der Waals surface area contributed by atoms with E-state index in [0.29, 0.717) is 11.4 Å². The molecule has 0 aliphatic rings. The number of hydrogen-bond acceptors (Lipinski definition) is 6. The molecule has 0 atom stereocenters. The molecule has 0 heterocycles. The Morgan fingerprint density at radius 1 is 0.636 bits per heavy atom. The Hall–Kier alpha value is 0.253. The van der Waals surface area contributed by atoms with Crippen molar-refractivity contribution in [2.75, 3.05) is 11.5 Å². The molecule has 0 aliphatic carbocycles. The van der Waals surface area contributed by atoms with Crippen LogP contribution in [0, 0.1) is 0 Å². The zero-order valence-corrected chi connectivity index (χ0v) is 18.7. The Bertz CT molecular complexity index is 546. The molecule has 0 aliphatic heterocycles. The molecule has 6 nitrogen and oxygen atoms in total. The number of benzene rings is 2. The number of hydrogen-bond donors (Lipinski definition) is 2. The molecule has 0 aromatic heterocycles. The van der Waals surface area contributed by atoms with E-state index in [9.17, 15) is 19.8 Å². The molecule has 2 aromatic carbocycles. The third-order valence-corrected chi connectivity index (χ3v) is 2.29. The zero-order chi connectivity index (χ0) is 15.1. The first-order valence-electron chi connectivity index (χ1n) is 5.54. The summed E-state index contributed by atoms with van der Waals surface area (Å²) in [5.74, 6) is -2.36. The number of carbonyl (C=O) groups excluding carboxylic acids is 2. The van der Waals surface area contributed by atoms with E-state index in [1.54, 1.807) is 0 Å². The fraction of sp³-hybridized carbons (Fsp3) is 0. The summed E-state index contributed by atoms with van der Waals surface area (Å²) in [5, 5.41) is 20.3. The van der Waals surface area contributed by atoms with Gasteiger partial charge in [0, 0.05) is 11.4 Å². The number of carboxylic acid groups (broad SMARTS) is 2. The van der Waals surface area contributed by atoms with Crippen molar-refractivity contribution >= 4 is 23.3 Å². The van der Waals surface area contributed by atoms with Crippen molar-refractivity contribution < 1.29 is 123 Å². The summed E-state index contributed by atoms with van der Waals surface area (Å²) in [6, 6.07) is 11.7. The van der Waals surface area contributed by atoms with Crippen LogP contribution in [-0.2, 0) is 0 Å². The smallest absolute Gasteiger partial charge is 0.545 e. The Balaban J connectivity index is 0. The van der Waals surface area contributed by atoms with Crippen molar-refractivity contribution in [3.05, 3.63) is 59.7 Å². The predicted molar refractivity (Wildman–Crippen MR) is 70.4 cm³/mol. The standard InChI is InChI=1S/2C7H7NO2.2K/c2*8-6-3-1-5(2-4-6)7(9)10;;/h2*1-4H,8H2,(H,9,10);;/q;;2*+1/p-2. The van der Waals surface area contributed by atoms with Gasteiger partial charge in [-0.3, -0.25) is 0 Å². The van der Waals surface area contributed by atoms with Crippen molar-refractivity contribution in [1.29, 1.82) is 0 Å². The number of rotatable bonds is 2.